The van der Waals surface area contributed by atoms with Gasteiger partial charge >= 0.3 is 0 Å². The minimum atomic E-state index is 0.189. The third kappa shape index (κ3) is 1.94. The van der Waals surface area contributed by atoms with E-state index in [-0.39, 0.29) is 12.6 Å². The second-order valence-corrected chi connectivity index (χ2v) is 5.00. The van der Waals surface area contributed by atoms with E-state index in [4.69, 9.17) is 0 Å². The van der Waals surface area contributed by atoms with Gasteiger partial charge in [-0.3, -0.25) is 0 Å². The van der Waals surface area contributed by atoms with Crippen molar-refractivity contribution in [3.8, 4) is 0 Å². The van der Waals surface area contributed by atoms with Crippen LogP contribution in [0.2, 0.25) is 0 Å². The summed E-state index contributed by atoms with van der Waals surface area (Å²) in [6, 6.07) is 8.55. The molecule has 2 aromatic rings. The summed E-state index contributed by atoms with van der Waals surface area (Å²) in [5.41, 5.74) is 5.48. The molecule has 1 aromatic carbocycles. The lowest BCUT2D eigenvalue weighted by Gasteiger charge is -2.25. The molecule has 2 heterocycles. The van der Waals surface area contributed by atoms with Crippen molar-refractivity contribution >= 4 is 17.0 Å². The smallest absolute Gasteiger partial charge is 0.0795 e. The molecule has 0 spiro atoms. The summed E-state index contributed by atoms with van der Waals surface area (Å²) >= 11 is 1.61. The van der Waals surface area contributed by atoms with Crippen molar-refractivity contribution in [1.82, 2.24) is 4.98 Å². The van der Waals surface area contributed by atoms with Crippen molar-refractivity contribution in [2.24, 2.45) is 0 Å². The molecule has 0 saturated heterocycles. The quantitative estimate of drug-likeness (QED) is 0.900. The van der Waals surface area contributed by atoms with Gasteiger partial charge in [0.15, 0.2) is 0 Å². The number of hydrogen-bond acceptors (Lipinski definition) is 4. The SMILES string of the molecule is OCC1Cc2ccccc2N1Cc1cscn1. The minimum absolute atomic E-state index is 0.189. The van der Waals surface area contributed by atoms with E-state index in [0.29, 0.717) is 0 Å². The Labute approximate surface area is 104 Å². The van der Waals surface area contributed by atoms with Gasteiger partial charge in [-0.05, 0) is 18.1 Å². The van der Waals surface area contributed by atoms with Gasteiger partial charge in [0.1, 0.15) is 0 Å². The lowest BCUT2D eigenvalue weighted by Crippen LogP contribution is -2.34. The summed E-state index contributed by atoms with van der Waals surface area (Å²) in [5, 5.41) is 11.5. The fourth-order valence-electron chi connectivity index (χ4n) is 2.39. The highest BCUT2D eigenvalue weighted by Crippen LogP contribution is 2.32. The van der Waals surface area contributed by atoms with Crippen molar-refractivity contribution < 1.29 is 5.11 Å². The first-order chi connectivity index (χ1) is 8.38. The Hall–Kier alpha value is -1.39. The van der Waals surface area contributed by atoms with Crippen LogP contribution in [0.5, 0.6) is 0 Å². The molecule has 1 unspecified atom stereocenters. The normalized spacial score (nSPS) is 18.4. The molecule has 1 aliphatic rings. The molecule has 0 aliphatic carbocycles. The molecular formula is C13H14N2OS. The van der Waals surface area contributed by atoms with Gasteiger partial charge in [0.2, 0.25) is 0 Å². The van der Waals surface area contributed by atoms with Crippen molar-refractivity contribution in [3.05, 3.63) is 46.4 Å². The maximum atomic E-state index is 9.48. The molecule has 1 aliphatic heterocycles. The minimum Gasteiger partial charge on any atom is -0.394 e. The average Bonchev–Trinajstić information content (AvgIpc) is 2.98. The highest BCUT2D eigenvalue weighted by atomic mass is 32.1. The summed E-state index contributed by atoms with van der Waals surface area (Å²) in [6.45, 7) is 0.977. The number of hydrogen-bond donors (Lipinski definition) is 1. The molecule has 17 heavy (non-hydrogen) atoms. The van der Waals surface area contributed by atoms with Crippen molar-refractivity contribution in [1.29, 1.82) is 0 Å². The first-order valence-corrected chi connectivity index (χ1v) is 6.65. The molecule has 0 saturated carbocycles. The average molecular weight is 246 g/mol. The molecule has 4 heteroatoms. The Morgan fingerprint density at radius 2 is 2.29 bits per heavy atom. The zero-order valence-corrected chi connectivity index (χ0v) is 10.2. The Morgan fingerprint density at radius 3 is 3.06 bits per heavy atom. The van der Waals surface area contributed by atoms with E-state index in [0.717, 1.165) is 18.7 Å². The maximum Gasteiger partial charge on any atom is 0.0795 e. The largest absolute Gasteiger partial charge is 0.394 e. The van der Waals surface area contributed by atoms with Crippen LogP contribution >= 0.6 is 11.3 Å². The second kappa shape index (κ2) is 4.47. The lowest BCUT2D eigenvalue weighted by atomic mass is 10.1. The van der Waals surface area contributed by atoms with Crippen LogP contribution in [0.3, 0.4) is 0 Å². The van der Waals surface area contributed by atoms with Crippen molar-refractivity contribution in [2.75, 3.05) is 11.5 Å². The Kier molecular flexibility index (Phi) is 2.82. The Balaban J connectivity index is 1.90. The number of benzene rings is 1. The highest BCUT2D eigenvalue weighted by molar-refractivity contribution is 7.07. The molecular weight excluding hydrogens is 232 g/mol. The van der Waals surface area contributed by atoms with E-state index in [1.165, 1.54) is 11.3 Å². The first-order valence-electron chi connectivity index (χ1n) is 5.71. The third-order valence-corrected chi connectivity index (χ3v) is 3.86. The summed E-state index contributed by atoms with van der Waals surface area (Å²) in [5.74, 6) is 0. The number of anilines is 1. The van der Waals surface area contributed by atoms with Crippen LogP contribution in [-0.2, 0) is 13.0 Å². The molecule has 3 nitrogen and oxygen atoms in total. The van der Waals surface area contributed by atoms with E-state index in [1.807, 2.05) is 11.6 Å². The van der Waals surface area contributed by atoms with E-state index >= 15 is 0 Å². The van der Waals surface area contributed by atoms with Crippen molar-refractivity contribution in [3.63, 3.8) is 0 Å². The second-order valence-electron chi connectivity index (χ2n) is 4.28. The van der Waals surface area contributed by atoms with Crippen LogP contribution in [0, 0.1) is 0 Å². The first kappa shape index (κ1) is 10.7. The van der Waals surface area contributed by atoms with Crippen LogP contribution in [0.4, 0.5) is 5.69 Å². The molecule has 0 radical (unpaired) electrons. The molecule has 1 atom stereocenters. The van der Waals surface area contributed by atoms with E-state index in [1.54, 1.807) is 11.3 Å². The summed E-state index contributed by atoms with van der Waals surface area (Å²) in [7, 11) is 0. The predicted octanol–water partition coefficient (Wildman–Crippen LogP) is 2.07. The van der Waals surface area contributed by atoms with Gasteiger partial charge in [-0.1, -0.05) is 18.2 Å². The number of nitrogens with zero attached hydrogens (tertiary/aromatic N) is 2. The van der Waals surface area contributed by atoms with Gasteiger partial charge in [-0.25, -0.2) is 4.98 Å². The summed E-state index contributed by atoms with van der Waals surface area (Å²) in [4.78, 5) is 6.57. The Morgan fingerprint density at radius 1 is 1.41 bits per heavy atom. The van der Waals surface area contributed by atoms with Crippen molar-refractivity contribution in [2.45, 2.75) is 19.0 Å². The molecule has 1 N–H and O–H groups in total. The fourth-order valence-corrected chi connectivity index (χ4v) is 2.94. The van der Waals surface area contributed by atoms with E-state index < -0.39 is 0 Å². The van der Waals surface area contributed by atoms with E-state index in [2.05, 4.69) is 33.5 Å². The van der Waals surface area contributed by atoms with Gasteiger partial charge in [-0.15, -0.1) is 11.3 Å². The molecule has 3 rings (SSSR count). The zero-order chi connectivity index (χ0) is 11.7. The van der Waals surface area contributed by atoms with Gasteiger partial charge in [0.05, 0.1) is 30.4 Å². The number of aromatic nitrogens is 1. The number of aliphatic hydroxyl groups excluding tert-OH is 1. The van der Waals surface area contributed by atoms with Crippen LogP contribution in [-0.4, -0.2) is 22.7 Å². The van der Waals surface area contributed by atoms with E-state index in [9.17, 15) is 5.11 Å². The molecule has 88 valence electrons. The van der Waals surface area contributed by atoms with Gasteiger partial charge in [0, 0.05) is 11.1 Å². The lowest BCUT2D eigenvalue weighted by molar-refractivity contribution is 0.262. The third-order valence-electron chi connectivity index (χ3n) is 3.22. The predicted molar refractivity (Wildman–Crippen MR) is 69.3 cm³/mol. The summed E-state index contributed by atoms with van der Waals surface area (Å²) in [6.07, 6.45) is 0.927. The zero-order valence-electron chi connectivity index (χ0n) is 9.41. The highest BCUT2D eigenvalue weighted by Gasteiger charge is 2.28. The molecule has 0 bridgehead atoms. The Bertz CT molecular complexity index is 498. The van der Waals surface area contributed by atoms with Crippen LogP contribution in [0.15, 0.2) is 35.2 Å². The number of thiazole rings is 1. The maximum absolute atomic E-state index is 9.48. The molecule has 0 amide bonds. The monoisotopic (exact) mass is 246 g/mol. The summed E-state index contributed by atoms with van der Waals surface area (Å²) < 4.78 is 0. The van der Waals surface area contributed by atoms with Crippen LogP contribution in [0.1, 0.15) is 11.3 Å². The molecule has 1 aromatic heterocycles. The standard InChI is InChI=1S/C13H14N2OS/c16-7-12-5-10-3-1-2-4-13(10)15(12)6-11-8-17-9-14-11/h1-4,8-9,12,16H,5-7H2. The number of para-hydroxylation sites is 1. The molecule has 0 fully saturated rings. The van der Waals surface area contributed by atoms with Gasteiger partial charge < -0.3 is 10.0 Å². The van der Waals surface area contributed by atoms with Crippen LogP contribution in [0.25, 0.3) is 0 Å². The van der Waals surface area contributed by atoms with Crippen LogP contribution < -0.4 is 4.90 Å². The topological polar surface area (TPSA) is 36.4 Å². The number of fused-ring (bicyclic) bond motifs is 1. The van der Waals surface area contributed by atoms with Gasteiger partial charge in [-0.2, -0.15) is 0 Å². The van der Waals surface area contributed by atoms with Gasteiger partial charge in [0.25, 0.3) is 0 Å². The number of aliphatic hydroxyl groups is 1. The fraction of sp³-hybridized carbons (Fsp3) is 0.308. The number of rotatable bonds is 3.